The third kappa shape index (κ3) is 3.49. The fourth-order valence-corrected chi connectivity index (χ4v) is 5.52. The van der Waals surface area contributed by atoms with Crippen molar-refractivity contribution in [2.24, 2.45) is 5.92 Å². The Morgan fingerprint density at radius 1 is 1.10 bits per heavy atom. The summed E-state index contributed by atoms with van der Waals surface area (Å²) < 4.78 is 1.96. The number of hydrogen-bond donors (Lipinski definition) is 1. The molecule has 5 rings (SSSR count). The predicted molar refractivity (Wildman–Crippen MR) is 114 cm³/mol. The largest absolute Gasteiger partial charge is 0.384 e. The lowest BCUT2D eigenvalue weighted by Gasteiger charge is -2.47. The lowest BCUT2D eigenvalue weighted by atomic mass is 9.81. The molecule has 1 amide bonds. The Hall–Kier alpha value is -2.74. The molecule has 2 aromatic rings. The van der Waals surface area contributed by atoms with Crippen molar-refractivity contribution in [3.63, 3.8) is 0 Å². The summed E-state index contributed by atoms with van der Waals surface area (Å²) in [5.74, 6) is 1.42. The van der Waals surface area contributed by atoms with Crippen LogP contribution in [0.2, 0.25) is 0 Å². The van der Waals surface area contributed by atoms with E-state index in [1.807, 2.05) is 9.47 Å². The van der Waals surface area contributed by atoms with Gasteiger partial charge in [0.25, 0.3) is 5.56 Å². The molecule has 0 unspecified atom stereocenters. The van der Waals surface area contributed by atoms with Gasteiger partial charge in [0, 0.05) is 75.0 Å². The molecule has 0 saturated carbocycles. The number of nitrogens with two attached hydrogens (primary N) is 1. The molecule has 8 nitrogen and oxygen atoms in total. The molecule has 0 spiro atoms. The Morgan fingerprint density at radius 3 is 2.63 bits per heavy atom. The molecule has 2 aromatic heterocycles. The number of aromatic nitrogens is 3. The summed E-state index contributed by atoms with van der Waals surface area (Å²) in [5.41, 5.74) is 8.46. The molecular weight excluding hydrogens is 380 g/mol. The lowest BCUT2D eigenvalue weighted by molar-refractivity contribution is -0.130. The number of anilines is 1. The van der Waals surface area contributed by atoms with Crippen molar-refractivity contribution in [1.29, 1.82) is 0 Å². The lowest BCUT2D eigenvalue weighted by Crippen LogP contribution is -2.53. The average Bonchev–Trinajstić information content (AvgIpc) is 2.74. The van der Waals surface area contributed by atoms with Crippen LogP contribution in [0.15, 0.2) is 29.3 Å². The maximum atomic E-state index is 12.9. The second-order valence-electron chi connectivity index (χ2n) is 8.94. The molecule has 0 radical (unpaired) electrons. The van der Waals surface area contributed by atoms with Crippen LogP contribution in [0.5, 0.6) is 0 Å². The minimum Gasteiger partial charge on any atom is -0.384 e. The Bertz CT molecular complexity index is 1030. The van der Waals surface area contributed by atoms with E-state index in [1.165, 1.54) is 6.33 Å². The number of amides is 1. The summed E-state index contributed by atoms with van der Waals surface area (Å²) in [6, 6.07) is 6.02. The van der Waals surface area contributed by atoms with E-state index in [4.69, 9.17) is 5.73 Å². The number of carbonyl (C=O) groups is 1. The van der Waals surface area contributed by atoms with Gasteiger partial charge in [-0.1, -0.05) is 0 Å². The van der Waals surface area contributed by atoms with E-state index in [9.17, 15) is 9.59 Å². The standard InChI is InChI=1S/C22H28N6O2/c1-14(29)26-4-2-18(3-5-26)27-10-15-6-17(12-27)20-7-16(8-22(30)28(20)11-15)19-9-21(23)25-13-24-19/h7-9,13,15,17-18H,2-6,10-12H2,1H3,(H2,23,24,25)/t15-,17+/m0/s1. The van der Waals surface area contributed by atoms with Crippen LogP contribution in [0.25, 0.3) is 11.3 Å². The van der Waals surface area contributed by atoms with Gasteiger partial charge in [0.05, 0.1) is 5.69 Å². The number of nitrogens with zero attached hydrogens (tertiary/aromatic N) is 5. The first-order valence-electron chi connectivity index (χ1n) is 10.8. The molecule has 3 aliphatic heterocycles. The van der Waals surface area contributed by atoms with Crippen LogP contribution >= 0.6 is 0 Å². The van der Waals surface area contributed by atoms with Crippen LogP contribution in [-0.4, -0.2) is 62.5 Å². The van der Waals surface area contributed by atoms with Crippen molar-refractivity contribution in [1.82, 2.24) is 24.3 Å². The van der Waals surface area contributed by atoms with E-state index in [1.54, 1.807) is 19.1 Å². The van der Waals surface area contributed by atoms with Crippen molar-refractivity contribution in [2.75, 3.05) is 31.9 Å². The van der Waals surface area contributed by atoms with Gasteiger partial charge in [-0.15, -0.1) is 0 Å². The van der Waals surface area contributed by atoms with Crippen LogP contribution in [0.4, 0.5) is 5.82 Å². The first kappa shape index (κ1) is 19.2. The molecule has 3 aliphatic rings. The number of likely N-dealkylation sites (tertiary alicyclic amines) is 2. The average molecular weight is 409 g/mol. The number of fused-ring (bicyclic) bond motifs is 4. The summed E-state index contributed by atoms with van der Waals surface area (Å²) in [7, 11) is 0. The zero-order chi connectivity index (χ0) is 20.8. The summed E-state index contributed by atoms with van der Waals surface area (Å²) >= 11 is 0. The van der Waals surface area contributed by atoms with Crippen LogP contribution in [0.3, 0.4) is 0 Å². The van der Waals surface area contributed by atoms with E-state index in [-0.39, 0.29) is 11.5 Å². The zero-order valence-corrected chi connectivity index (χ0v) is 17.3. The Labute approximate surface area is 175 Å². The SMILES string of the molecule is CC(=O)N1CCC(N2C[C@@H]3C[C@H](C2)c2cc(-c4cc(N)ncn4)cc(=O)n2C3)CC1. The third-order valence-corrected chi connectivity index (χ3v) is 6.99. The van der Waals surface area contributed by atoms with E-state index >= 15 is 0 Å². The van der Waals surface area contributed by atoms with Gasteiger partial charge in [-0.25, -0.2) is 9.97 Å². The summed E-state index contributed by atoms with van der Waals surface area (Å²) in [4.78, 5) is 37.4. The monoisotopic (exact) mass is 408 g/mol. The van der Waals surface area contributed by atoms with Gasteiger partial charge >= 0.3 is 0 Å². The maximum Gasteiger partial charge on any atom is 0.251 e. The van der Waals surface area contributed by atoms with Crippen LogP contribution in [0, 0.1) is 5.92 Å². The van der Waals surface area contributed by atoms with Crippen molar-refractivity contribution in [3.05, 3.63) is 40.6 Å². The van der Waals surface area contributed by atoms with E-state index in [0.717, 1.165) is 63.2 Å². The number of carbonyl (C=O) groups excluding carboxylic acids is 1. The van der Waals surface area contributed by atoms with Gasteiger partial charge in [0.1, 0.15) is 12.1 Å². The molecule has 8 heteroatoms. The second-order valence-corrected chi connectivity index (χ2v) is 8.94. The van der Waals surface area contributed by atoms with Crippen LogP contribution in [0.1, 0.15) is 37.8 Å². The molecule has 2 atom stereocenters. The Morgan fingerprint density at radius 2 is 1.90 bits per heavy atom. The number of rotatable bonds is 2. The highest BCUT2D eigenvalue weighted by Gasteiger charge is 2.38. The molecule has 2 saturated heterocycles. The molecule has 2 N–H and O–H groups in total. The summed E-state index contributed by atoms with van der Waals surface area (Å²) in [6.45, 7) is 6.14. The van der Waals surface area contributed by atoms with Crippen molar-refractivity contribution in [3.8, 4) is 11.3 Å². The van der Waals surface area contributed by atoms with Gasteiger partial charge in [-0.3, -0.25) is 14.5 Å². The number of pyridine rings is 1. The normalized spacial score (nSPS) is 24.5. The summed E-state index contributed by atoms with van der Waals surface area (Å²) in [6.07, 6.45) is 4.63. The Kier molecular flexibility index (Phi) is 4.81. The van der Waals surface area contributed by atoms with Crippen molar-refractivity contribution < 1.29 is 4.79 Å². The maximum absolute atomic E-state index is 12.9. The van der Waals surface area contributed by atoms with Crippen LogP contribution in [-0.2, 0) is 11.3 Å². The molecule has 158 valence electrons. The van der Waals surface area contributed by atoms with E-state index in [2.05, 4.69) is 20.9 Å². The summed E-state index contributed by atoms with van der Waals surface area (Å²) in [5, 5.41) is 0. The highest BCUT2D eigenvalue weighted by Crippen LogP contribution is 2.38. The van der Waals surface area contributed by atoms with E-state index in [0.29, 0.717) is 29.4 Å². The van der Waals surface area contributed by atoms with Gasteiger partial charge in [0.2, 0.25) is 5.91 Å². The van der Waals surface area contributed by atoms with Gasteiger partial charge in [0.15, 0.2) is 0 Å². The molecule has 0 aliphatic carbocycles. The zero-order valence-electron chi connectivity index (χ0n) is 17.3. The second kappa shape index (κ2) is 7.50. The first-order valence-corrected chi connectivity index (χ1v) is 10.8. The fraction of sp³-hybridized carbons (Fsp3) is 0.545. The highest BCUT2D eigenvalue weighted by molar-refractivity contribution is 5.73. The fourth-order valence-electron chi connectivity index (χ4n) is 5.52. The smallest absolute Gasteiger partial charge is 0.251 e. The molecule has 2 bridgehead atoms. The first-order chi connectivity index (χ1) is 14.5. The quantitative estimate of drug-likeness (QED) is 0.805. The van der Waals surface area contributed by atoms with Crippen molar-refractivity contribution in [2.45, 2.75) is 44.7 Å². The third-order valence-electron chi connectivity index (χ3n) is 6.99. The topological polar surface area (TPSA) is 97.4 Å². The molecule has 2 fully saturated rings. The molecule has 30 heavy (non-hydrogen) atoms. The Balaban J connectivity index is 1.40. The number of piperidine rings is 2. The predicted octanol–water partition coefficient (Wildman–Crippen LogP) is 1.32. The van der Waals surface area contributed by atoms with Gasteiger partial charge in [-0.2, -0.15) is 0 Å². The van der Waals surface area contributed by atoms with Crippen molar-refractivity contribution >= 4 is 11.7 Å². The minimum atomic E-state index is 0.0394. The molecular formula is C22H28N6O2. The number of nitrogen functional groups attached to an aromatic ring is 1. The highest BCUT2D eigenvalue weighted by atomic mass is 16.2. The molecule has 0 aromatic carbocycles. The number of hydrogen-bond acceptors (Lipinski definition) is 6. The van der Waals surface area contributed by atoms with Crippen LogP contribution < -0.4 is 11.3 Å². The van der Waals surface area contributed by atoms with Gasteiger partial charge in [-0.05, 0) is 31.2 Å². The van der Waals surface area contributed by atoms with Gasteiger partial charge < -0.3 is 15.2 Å². The molecule has 5 heterocycles. The minimum absolute atomic E-state index is 0.0394. The van der Waals surface area contributed by atoms with E-state index < -0.39 is 0 Å².